The fourth-order valence-corrected chi connectivity index (χ4v) is 4.49. The Bertz CT molecular complexity index is 744. The van der Waals surface area contributed by atoms with Crippen molar-refractivity contribution in [3.05, 3.63) is 40.1 Å². The zero-order valence-corrected chi connectivity index (χ0v) is 16.4. The molecule has 1 aromatic carbocycles. The Hall–Kier alpha value is -1.25. The lowest BCUT2D eigenvalue weighted by Crippen LogP contribution is -2.46. The Morgan fingerprint density at radius 2 is 2.08 bits per heavy atom. The largest absolute Gasteiger partial charge is 0.339 e. The van der Waals surface area contributed by atoms with Crippen LogP contribution in [0.3, 0.4) is 0 Å². The quantitative estimate of drug-likeness (QED) is 0.702. The SMILES string of the molecule is CCCS(=O)(=O)NC1CCN(C(=O)/C=C/c2cc(Br)ccc2F)CC1. The van der Waals surface area contributed by atoms with Gasteiger partial charge < -0.3 is 4.90 Å². The number of likely N-dealkylation sites (tertiary alicyclic amines) is 1. The summed E-state index contributed by atoms with van der Waals surface area (Å²) in [7, 11) is -3.24. The molecule has 0 aliphatic carbocycles. The van der Waals surface area contributed by atoms with E-state index in [1.807, 2.05) is 6.92 Å². The highest BCUT2D eigenvalue weighted by molar-refractivity contribution is 9.10. The normalized spacial score (nSPS) is 16.5. The zero-order valence-electron chi connectivity index (χ0n) is 14.0. The van der Waals surface area contributed by atoms with E-state index in [9.17, 15) is 17.6 Å². The summed E-state index contributed by atoms with van der Waals surface area (Å²) >= 11 is 3.27. The minimum atomic E-state index is -3.24. The number of halogens is 2. The second-order valence-electron chi connectivity index (χ2n) is 6.04. The zero-order chi connectivity index (χ0) is 18.4. The Labute approximate surface area is 156 Å². The molecule has 0 radical (unpaired) electrons. The van der Waals surface area contributed by atoms with Gasteiger partial charge in [-0.2, -0.15) is 0 Å². The third-order valence-corrected chi connectivity index (χ3v) is 6.12. The van der Waals surface area contributed by atoms with E-state index in [1.54, 1.807) is 17.0 Å². The lowest BCUT2D eigenvalue weighted by molar-refractivity contribution is -0.126. The summed E-state index contributed by atoms with van der Waals surface area (Å²) < 4.78 is 40.7. The van der Waals surface area contributed by atoms with Crippen LogP contribution in [0.15, 0.2) is 28.7 Å². The minimum absolute atomic E-state index is 0.118. The van der Waals surface area contributed by atoms with Crippen LogP contribution >= 0.6 is 15.9 Å². The molecule has 1 aliphatic heterocycles. The molecule has 0 unspecified atom stereocenters. The summed E-state index contributed by atoms with van der Waals surface area (Å²) in [4.78, 5) is 13.9. The van der Waals surface area contributed by atoms with Gasteiger partial charge in [-0.15, -0.1) is 0 Å². The van der Waals surface area contributed by atoms with E-state index in [-0.39, 0.29) is 17.7 Å². The van der Waals surface area contributed by atoms with Gasteiger partial charge in [0.15, 0.2) is 0 Å². The number of nitrogens with zero attached hydrogens (tertiary/aromatic N) is 1. The lowest BCUT2D eigenvalue weighted by Gasteiger charge is -2.31. The van der Waals surface area contributed by atoms with Crippen LogP contribution < -0.4 is 4.72 Å². The molecule has 138 valence electrons. The highest BCUT2D eigenvalue weighted by atomic mass is 79.9. The molecule has 1 aromatic rings. The summed E-state index contributed by atoms with van der Waals surface area (Å²) in [5, 5.41) is 0. The van der Waals surface area contributed by atoms with Gasteiger partial charge in [0.2, 0.25) is 15.9 Å². The average molecular weight is 433 g/mol. The van der Waals surface area contributed by atoms with Gasteiger partial charge in [0.05, 0.1) is 5.75 Å². The molecule has 0 bridgehead atoms. The Balaban J connectivity index is 1.89. The number of hydrogen-bond acceptors (Lipinski definition) is 3. The van der Waals surface area contributed by atoms with Crippen molar-refractivity contribution in [3.8, 4) is 0 Å². The Kier molecular flexibility index (Phi) is 7.15. The van der Waals surface area contributed by atoms with Gasteiger partial charge in [-0.25, -0.2) is 17.5 Å². The summed E-state index contributed by atoms with van der Waals surface area (Å²) in [5.41, 5.74) is 0.338. The minimum Gasteiger partial charge on any atom is -0.339 e. The molecule has 1 heterocycles. The molecule has 8 heteroatoms. The molecule has 25 heavy (non-hydrogen) atoms. The van der Waals surface area contributed by atoms with E-state index in [1.165, 1.54) is 18.2 Å². The third-order valence-electron chi connectivity index (χ3n) is 3.99. The molecule has 1 N–H and O–H groups in total. The van der Waals surface area contributed by atoms with Crippen molar-refractivity contribution in [3.63, 3.8) is 0 Å². The van der Waals surface area contributed by atoms with E-state index in [0.717, 1.165) is 4.47 Å². The van der Waals surface area contributed by atoms with Crippen LogP contribution in [-0.4, -0.2) is 44.1 Å². The van der Waals surface area contributed by atoms with Crippen molar-refractivity contribution < 1.29 is 17.6 Å². The number of carbonyl (C=O) groups is 1. The van der Waals surface area contributed by atoms with E-state index < -0.39 is 15.8 Å². The highest BCUT2D eigenvalue weighted by Gasteiger charge is 2.24. The maximum atomic E-state index is 13.7. The molecule has 1 saturated heterocycles. The van der Waals surface area contributed by atoms with E-state index >= 15 is 0 Å². The Morgan fingerprint density at radius 1 is 1.40 bits per heavy atom. The van der Waals surface area contributed by atoms with Gasteiger partial charge in [-0.3, -0.25) is 4.79 Å². The third kappa shape index (κ3) is 6.20. The molecule has 1 amide bonds. The number of hydrogen-bond donors (Lipinski definition) is 1. The van der Waals surface area contributed by atoms with Gasteiger partial charge >= 0.3 is 0 Å². The molecule has 5 nitrogen and oxygen atoms in total. The van der Waals surface area contributed by atoms with Crippen LogP contribution in [0.1, 0.15) is 31.7 Å². The first-order chi connectivity index (χ1) is 11.8. The molecule has 0 spiro atoms. The van der Waals surface area contributed by atoms with E-state index in [4.69, 9.17) is 0 Å². The van der Waals surface area contributed by atoms with Crippen molar-refractivity contribution in [2.75, 3.05) is 18.8 Å². The molecule has 1 aliphatic rings. The first-order valence-corrected chi connectivity index (χ1v) is 10.7. The van der Waals surface area contributed by atoms with Crippen LogP contribution in [0, 0.1) is 5.82 Å². The fraction of sp³-hybridized carbons (Fsp3) is 0.471. The first kappa shape index (κ1) is 20.1. The molecule has 2 rings (SSSR count). The second kappa shape index (κ2) is 8.91. The summed E-state index contributed by atoms with van der Waals surface area (Å²) in [6, 6.07) is 4.40. The number of rotatable bonds is 6. The average Bonchev–Trinajstić information content (AvgIpc) is 2.55. The number of nitrogens with one attached hydrogen (secondary N) is 1. The number of amides is 1. The standard InChI is InChI=1S/C17H22BrFN2O3S/c1-2-11-25(23,24)20-15-7-9-21(10-8-15)17(22)6-3-13-12-14(18)4-5-16(13)19/h3-6,12,15,20H,2,7-11H2,1H3/b6-3+. The van der Waals surface area contributed by atoms with E-state index in [2.05, 4.69) is 20.7 Å². The maximum absolute atomic E-state index is 13.7. The molecule has 1 fully saturated rings. The van der Waals surface area contributed by atoms with Crippen LogP contribution in [0.25, 0.3) is 6.08 Å². The molecule has 0 atom stereocenters. The summed E-state index contributed by atoms with van der Waals surface area (Å²) in [6.07, 6.45) is 4.54. The molecular weight excluding hydrogens is 411 g/mol. The number of benzene rings is 1. The first-order valence-electron chi connectivity index (χ1n) is 8.23. The molecule has 0 aromatic heterocycles. The van der Waals surface area contributed by atoms with Crippen molar-refractivity contribution in [2.24, 2.45) is 0 Å². The molecular formula is C17H22BrFN2O3S. The van der Waals surface area contributed by atoms with Crippen LogP contribution in [-0.2, 0) is 14.8 Å². The fourth-order valence-electron chi connectivity index (χ4n) is 2.71. The van der Waals surface area contributed by atoms with Gasteiger partial charge in [-0.1, -0.05) is 22.9 Å². The maximum Gasteiger partial charge on any atom is 0.246 e. The monoisotopic (exact) mass is 432 g/mol. The van der Waals surface area contributed by atoms with Gasteiger partial charge in [0.1, 0.15) is 5.82 Å². The van der Waals surface area contributed by atoms with Gasteiger partial charge in [0.25, 0.3) is 0 Å². The number of sulfonamides is 1. The number of carbonyl (C=O) groups excluding carboxylic acids is 1. The van der Waals surface area contributed by atoms with Gasteiger partial charge in [-0.05, 0) is 43.5 Å². The van der Waals surface area contributed by atoms with Crippen molar-refractivity contribution >= 4 is 37.9 Å². The Morgan fingerprint density at radius 3 is 2.72 bits per heavy atom. The summed E-state index contributed by atoms with van der Waals surface area (Å²) in [5.74, 6) is -0.474. The second-order valence-corrected chi connectivity index (χ2v) is 8.82. The van der Waals surface area contributed by atoms with Crippen LogP contribution in [0.4, 0.5) is 4.39 Å². The van der Waals surface area contributed by atoms with Crippen LogP contribution in [0.5, 0.6) is 0 Å². The van der Waals surface area contributed by atoms with Crippen LogP contribution in [0.2, 0.25) is 0 Å². The lowest BCUT2D eigenvalue weighted by atomic mass is 10.1. The predicted molar refractivity (Wildman–Crippen MR) is 99.9 cm³/mol. The topological polar surface area (TPSA) is 66.5 Å². The predicted octanol–water partition coefficient (Wildman–Crippen LogP) is 2.92. The highest BCUT2D eigenvalue weighted by Crippen LogP contribution is 2.17. The number of piperidine rings is 1. The van der Waals surface area contributed by atoms with Crippen molar-refractivity contribution in [2.45, 2.75) is 32.2 Å². The smallest absolute Gasteiger partial charge is 0.246 e. The molecule has 0 saturated carbocycles. The van der Waals surface area contributed by atoms with Crippen molar-refractivity contribution in [1.29, 1.82) is 0 Å². The van der Waals surface area contributed by atoms with Crippen molar-refractivity contribution in [1.82, 2.24) is 9.62 Å². The van der Waals surface area contributed by atoms with Gasteiger partial charge in [0, 0.05) is 35.2 Å². The summed E-state index contributed by atoms with van der Waals surface area (Å²) in [6.45, 7) is 2.77. The van der Waals surface area contributed by atoms with E-state index in [0.29, 0.717) is 37.9 Å².